The summed E-state index contributed by atoms with van der Waals surface area (Å²) in [4.78, 5) is 12.0. The molecule has 2 aromatic rings. The number of hydrogen-bond acceptors (Lipinski definition) is 6. The molecule has 0 aliphatic heterocycles. The van der Waals surface area contributed by atoms with Crippen LogP contribution in [0.1, 0.15) is 0 Å². The van der Waals surface area contributed by atoms with Crippen LogP contribution in [0.3, 0.4) is 0 Å². The van der Waals surface area contributed by atoms with Crippen LogP contribution in [-0.2, 0) is 0 Å². The van der Waals surface area contributed by atoms with Gasteiger partial charge in [0.2, 0.25) is 0 Å². The summed E-state index contributed by atoms with van der Waals surface area (Å²) in [5, 5.41) is 0. The zero-order valence-corrected chi connectivity index (χ0v) is 15.3. The standard InChI is InChI=1S/C10H15N3OS2SeSi/c1-13(2)9-11-7(14-18(3,4)5)6-8(12-9)16-10(17)15-6/h1-5H3. The third-order valence-corrected chi connectivity index (χ3v) is 5.84. The number of nitrogens with zero attached hydrogens (tertiary/aromatic N) is 3. The van der Waals surface area contributed by atoms with Crippen molar-refractivity contribution in [3.05, 3.63) is 2.69 Å². The first-order chi connectivity index (χ1) is 8.26. The Hall–Kier alpha value is -0.274. The maximum absolute atomic E-state index is 6.08. The molecule has 0 aliphatic carbocycles. The second kappa shape index (κ2) is 5.01. The van der Waals surface area contributed by atoms with Crippen molar-refractivity contribution in [2.24, 2.45) is 0 Å². The van der Waals surface area contributed by atoms with E-state index in [1.54, 1.807) is 22.7 Å². The van der Waals surface area contributed by atoms with Crippen molar-refractivity contribution >= 4 is 62.0 Å². The Morgan fingerprint density at radius 1 is 1.17 bits per heavy atom. The average molecular weight is 364 g/mol. The van der Waals surface area contributed by atoms with Crippen LogP contribution in [0, 0.1) is 2.69 Å². The average Bonchev–Trinajstić information content (AvgIpc) is 2.56. The summed E-state index contributed by atoms with van der Waals surface area (Å²) in [6.07, 6.45) is 0. The summed E-state index contributed by atoms with van der Waals surface area (Å²) >= 11 is 6.34. The minimum absolute atomic E-state index is 0.699. The van der Waals surface area contributed by atoms with Crippen molar-refractivity contribution in [3.8, 4) is 5.88 Å². The molecule has 2 aromatic heterocycles. The molecule has 0 amide bonds. The van der Waals surface area contributed by atoms with E-state index in [2.05, 4.69) is 45.2 Å². The van der Waals surface area contributed by atoms with Gasteiger partial charge in [0.05, 0.1) is 0 Å². The van der Waals surface area contributed by atoms with Crippen LogP contribution >= 0.6 is 22.7 Å². The molecular formula is C10H15N3OS2SeSi. The zero-order chi connectivity index (χ0) is 13.5. The van der Waals surface area contributed by atoms with Gasteiger partial charge in [-0.3, -0.25) is 0 Å². The molecule has 0 aromatic carbocycles. The maximum atomic E-state index is 6.08. The van der Waals surface area contributed by atoms with Gasteiger partial charge in [-0.05, 0) is 0 Å². The van der Waals surface area contributed by atoms with Gasteiger partial charge in [-0.2, -0.15) is 0 Å². The Bertz CT molecular complexity index is 632. The second-order valence-electron chi connectivity index (χ2n) is 5.03. The fraction of sp³-hybridized carbons (Fsp3) is 0.500. The van der Waals surface area contributed by atoms with Gasteiger partial charge in [-0.15, -0.1) is 0 Å². The SMILES string of the molecule is CN(C)c1nc(O[Si](C)(C)C)c2sc(=[Se])sc2n1. The molecule has 0 saturated heterocycles. The number of anilines is 1. The summed E-state index contributed by atoms with van der Waals surface area (Å²) in [5.41, 5.74) is 0. The molecule has 0 N–H and O–H groups in total. The number of hydrogen-bond donors (Lipinski definition) is 0. The molecule has 0 unspecified atom stereocenters. The van der Waals surface area contributed by atoms with Crippen molar-refractivity contribution in [3.63, 3.8) is 0 Å². The molecule has 0 fully saturated rings. The molecule has 0 spiro atoms. The Labute approximate surface area is 123 Å². The van der Waals surface area contributed by atoms with Gasteiger partial charge in [0.15, 0.2) is 0 Å². The molecule has 4 nitrogen and oxygen atoms in total. The molecule has 0 atom stereocenters. The summed E-state index contributed by atoms with van der Waals surface area (Å²) in [6, 6.07) is 0. The summed E-state index contributed by atoms with van der Waals surface area (Å²) < 4.78 is 8.28. The van der Waals surface area contributed by atoms with Crippen molar-refractivity contribution in [1.29, 1.82) is 0 Å². The first-order valence-corrected chi connectivity index (χ1v) is 11.3. The molecule has 18 heavy (non-hydrogen) atoms. The molecule has 8 heteroatoms. The number of fused-ring (bicyclic) bond motifs is 1. The fourth-order valence-corrected chi connectivity index (χ4v) is 4.96. The van der Waals surface area contributed by atoms with Gasteiger partial charge in [0, 0.05) is 0 Å². The van der Waals surface area contributed by atoms with Crippen molar-refractivity contribution in [2.45, 2.75) is 19.6 Å². The third-order valence-electron chi connectivity index (χ3n) is 1.96. The molecule has 2 heterocycles. The summed E-state index contributed by atoms with van der Waals surface area (Å²) in [7, 11) is 2.21. The third kappa shape index (κ3) is 3.18. The van der Waals surface area contributed by atoms with Gasteiger partial charge in [-0.1, -0.05) is 0 Å². The molecular weight excluding hydrogens is 349 g/mol. The van der Waals surface area contributed by atoms with Crippen LogP contribution in [0.5, 0.6) is 5.88 Å². The Balaban J connectivity index is 2.64. The first-order valence-electron chi connectivity index (χ1n) is 5.44. The van der Waals surface area contributed by atoms with Gasteiger partial charge < -0.3 is 0 Å². The molecule has 98 valence electrons. The molecule has 0 aliphatic rings. The molecule has 2 rings (SSSR count). The monoisotopic (exact) mass is 365 g/mol. The Morgan fingerprint density at radius 3 is 2.39 bits per heavy atom. The van der Waals surface area contributed by atoms with Gasteiger partial charge in [0.1, 0.15) is 0 Å². The van der Waals surface area contributed by atoms with E-state index in [1.807, 2.05) is 19.0 Å². The van der Waals surface area contributed by atoms with Crippen LogP contribution < -0.4 is 9.33 Å². The van der Waals surface area contributed by atoms with E-state index in [4.69, 9.17) is 4.43 Å². The van der Waals surface area contributed by atoms with E-state index in [0.29, 0.717) is 5.95 Å². The van der Waals surface area contributed by atoms with E-state index < -0.39 is 8.32 Å². The van der Waals surface area contributed by atoms with Gasteiger partial charge >= 0.3 is 124 Å². The van der Waals surface area contributed by atoms with Gasteiger partial charge in [0.25, 0.3) is 0 Å². The normalized spacial score (nSPS) is 11.8. The van der Waals surface area contributed by atoms with Crippen molar-refractivity contribution in [1.82, 2.24) is 9.97 Å². The van der Waals surface area contributed by atoms with Crippen LogP contribution in [-0.4, -0.2) is 48.0 Å². The Morgan fingerprint density at radius 2 is 1.83 bits per heavy atom. The first kappa shape index (κ1) is 14.1. The van der Waals surface area contributed by atoms with Crippen molar-refractivity contribution in [2.75, 3.05) is 19.0 Å². The molecule has 0 bridgehead atoms. The summed E-state index contributed by atoms with van der Waals surface area (Å²) in [6.45, 7) is 6.48. The van der Waals surface area contributed by atoms with Crippen LogP contribution in [0.15, 0.2) is 0 Å². The van der Waals surface area contributed by atoms with Crippen LogP contribution in [0.25, 0.3) is 9.53 Å². The van der Waals surface area contributed by atoms with E-state index in [-0.39, 0.29) is 0 Å². The number of aromatic nitrogens is 2. The second-order valence-corrected chi connectivity index (χ2v) is 13.8. The topological polar surface area (TPSA) is 38.2 Å². The Kier molecular flexibility index (Phi) is 3.94. The van der Waals surface area contributed by atoms with E-state index in [9.17, 15) is 0 Å². The van der Waals surface area contributed by atoms with Gasteiger partial charge in [-0.25, -0.2) is 0 Å². The minimum atomic E-state index is -1.67. The van der Waals surface area contributed by atoms with E-state index in [1.165, 1.54) is 0 Å². The van der Waals surface area contributed by atoms with Crippen LogP contribution in [0.4, 0.5) is 5.95 Å². The summed E-state index contributed by atoms with van der Waals surface area (Å²) in [5.74, 6) is 1.43. The molecule has 0 radical (unpaired) electrons. The van der Waals surface area contributed by atoms with Crippen LogP contribution in [0.2, 0.25) is 19.6 Å². The van der Waals surface area contributed by atoms with E-state index in [0.717, 1.165) is 18.1 Å². The predicted molar refractivity (Wildman–Crippen MR) is 82.6 cm³/mol. The number of rotatable bonds is 3. The van der Waals surface area contributed by atoms with E-state index >= 15 is 0 Å². The predicted octanol–water partition coefficient (Wildman–Crippen LogP) is 2.73. The van der Waals surface area contributed by atoms with Crippen molar-refractivity contribution < 1.29 is 4.43 Å². The molecule has 0 saturated carbocycles. The fourth-order valence-electron chi connectivity index (χ4n) is 1.30. The quantitative estimate of drug-likeness (QED) is 0.785. The zero-order valence-electron chi connectivity index (χ0n) is 11.0.